The molecule has 92 valence electrons. The van der Waals surface area contributed by atoms with E-state index in [1.165, 1.54) is 11.1 Å². The van der Waals surface area contributed by atoms with E-state index in [2.05, 4.69) is 41.4 Å². The first-order valence-corrected chi connectivity index (χ1v) is 6.28. The number of aromatic amines is 1. The molecule has 1 unspecified atom stereocenters. The average Bonchev–Trinajstić information content (AvgIpc) is 2.72. The van der Waals surface area contributed by atoms with E-state index in [0.717, 1.165) is 23.4 Å². The topological polar surface area (TPSA) is 45.8 Å². The molecule has 1 atom stereocenters. The maximum absolute atomic E-state index is 12.2. The molecular weight excluding hydrogens is 224 g/mol. The van der Waals surface area contributed by atoms with Crippen LogP contribution in [0.1, 0.15) is 45.2 Å². The van der Waals surface area contributed by atoms with Crippen LogP contribution < -0.4 is 0 Å². The molecule has 3 nitrogen and oxygen atoms in total. The van der Waals surface area contributed by atoms with Crippen LogP contribution in [0, 0.1) is 13.8 Å². The Balaban J connectivity index is 1.94. The number of aryl methyl sites for hydroxylation is 2. The van der Waals surface area contributed by atoms with Gasteiger partial charge in [-0.2, -0.15) is 5.10 Å². The highest BCUT2D eigenvalue weighted by atomic mass is 16.1. The summed E-state index contributed by atoms with van der Waals surface area (Å²) in [5.74, 6) is 0.487. The summed E-state index contributed by atoms with van der Waals surface area (Å²) in [5, 5.41) is 7.17. The maximum atomic E-state index is 12.2. The van der Waals surface area contributed by atoms with Crippen molar-refractivity contribution in [2.24, 2.45) is 0 Å². The number of nitrogens with zero attached hydrogens (tertiary/aromatic N) is 1. The van der Waals surface area contributed by atoms with E-state index in [1.807, 2.05) is 6.92 Å². The molecule has 1 aromatic carbocycles. The van der Waals surface area contributed by atoms with Crippen LogP contribution in [0.3, 0.4) is 0 Å². The highest BCUT2D eigenvalue weighted by Crippen LogP contribution is 2.32. The zero-order chi connectivity index (χ0) is 12.7. The molecule has 0 fully saturated rings. The lowest BCUT2D eigenvalue weighted by atomic mass is 9.81. The van der Waals surface area contributed by atoms with E-state index in [0.29, 0.717) is 6.42 Å². The fourth-order valence-electron chi connectivity index (χ4n) is 2.70. The second-order valence-corrected chi connectivity index (χ2v) is 5.11. The van der Waals surface area contributed by atoms with Gasteiger partial charge in [-0.05, 0) is 31.7 Å². The van der Waals surface area contributed by atoms with Gasteiger partial charge in [0.2, 0.25) is 0 Å². The second kappa shape index (κ2) is 4.09. The van der Waals surface area contributed by atoms with Crippen molar-refractivity contribution in [1.29, 1.82) is 0 Å². The van der Waals surface area contributed by atoms with Crippen LogP contribution >= 0.6 is 0 Å². The summed E-state index contributed by atoms with van der Waals surface area (Å²) in [4.78, 5) is 12.2. The highest BCUT2D eigenvalue weighted by molar-refractivity contribution is 5.99. The fourth-order valence-corrected chi connectivity index (χ4v) is 2.70. The van der Waals surface area contributed by atoms with Gasteiger partial charge in [0.15, 0.2) is 5.78 Å². The summed E-state index contributed by atoms with van der Waals surface area (Å²) in [5.41, 5.74) is 5.13. The van der Waals surface area contributed by atoms with Crippen LogP contribution in [0.15, 0.2) is 24.3 Å². The molecule has 18 heavy (non-hydrogen) atoms. The minimum absolute atomic E-state index is 0.216. The van der Waals surface area contributed by atoms with Gasteiger partial charge in [0.1, 0.15) is 0 Å². The molecule has 0 saturated carbocycles. The van der Waals surface area contributed by atoms with E-state index in [9.17, 15) is 4.79 Å². The number of nitrogens with one attached hydrogen (secondary N) is 1. The lowest BCUT2D eigenvalue weighted by Crippen LogP contribution is -2.18. The summed E-state index contributed by atoms with van der Waals surface area (Å²) >= 11 is 0. The van der Waals surface area contributed by atoms with Gasteiger partial charge in [-0.25, -0.2) is 0 Å². The van der Waals surface area contributed by atoms with Gasteiger partial charge >= 0.3 is 0 Å². The van der Waals surface area contributed by atoms with Gasteiger partial charge in [0.05, 0.1) is 11.3 Å². The zero-order valence-electron chi connectivity index (χ0n) is 10.7. The molecule has 0 amide bonds. The molecule has 0 spiro atoms. The number of carbonyl (C=O) groups excluding carboxylic acids is 1. The first-order chi connectivity index (χ1) is 8.65. The number of ketones is 1. The molecular formula is C15H16N2O. The zero-order valence-corrected chi connectivity index (χ0v) is 10.7. The molecule has 0 saturated heterocycles. The third-order valence-corrected chi connectivity index (χ3v) is 3.72. The Labute approximate surface area is 106 Å². The first-order valence-electron chi connectivity index (χ1n) is 6.28. The molecule has 0 aliphatic heterocycles. The average molecular weight is 240 g/mol. The molecule has 1 aliphatic carbocycles. The molecule has 3 heteroatoms. The Morgan fingerprint density at radius 3 is 2.61 bits per heavy atom. The van der Waals surface area contributed by atoms with Gasteiger partial charge in [-0.3, -0.25) is 9.89 Å². The van der Waals surface area contributed by atoms with Crippen LogP contribution in [0.5, 0.6) is 0 Å². The number of aromatic nitrogens is 2. The van der Waals surface area contributed by atoms with Gasteiger partial charge in [-0.15, -0.1) is 0 Å². The van der Waals surface area contributed by atoms with Crippen molar-refractivity contribution in [2.45, 2.75) is 32.6 Å². The van der Waals surface area contributed by atoms with Crippen molar-refractivity contribution in [3.63, 3.8) is 0 Å². The number of H-pyrrole nitrogens is 1. The van der Waals surface area contributed by atoms with E-state index in [4.69, 9.17) is 0 Å². The molecule has 1 heterocycles. The predicted octanol–water partition coefficient (Wildman–Crippen LogP) is 2.94. The van der Waals surface area contributed by atoms with Gasteiger partial charge in [-0.1, -0.05) is 29.8 Å². The molecule has 1 aromatic heterocycles. The number of Topliss-reactive ketones (excluding diaryl/α,β-unsaturated/α-hetero) is 1. The van der Waals surface area contributed by atoms with Crippen LogP contribution in [-0.4, -0.2) is 16.0 Å². The normalized spacial score (nSPS) is 18.8. The third-order valence-electron chi connectivity index (χ3n) is 3.72. The Bertz CT molecular complexity index is 595. The van der Waals surface area contributed by atoms with Crippen molar-refractivity contribution >= 4 is 5.78 Å². The Hall–Kier alpha value is -1.90. The smallest absolute Gasteiger partial charge is 0.167 e. The van der Waals surface area contributed by atoms with Crippen molar-refractivity contribution < 1.29 is 4.79 Å². The largest absolute Gasteiger partial charge is 0.294 e. The van der Waals surface area contributed by atoms with Crippen LogP contribution in [0.4, 0.5) is 0 Å². The number of fused-ring (bicyclic) bond motifs is 1. The number of rotatable bonds is 1. The van der Waals surface area contributed by atoms with E-state index >= 15 is 0 Å². The monoisotopic (exact) mass is 240 g/mol. The minimum atomic E-state index is 0.216. The summed E-state index contributed by atoms with van der Waals surface area (Å²) in [7, 11) is 0. The van der Waals surface area contributed by atoms with Crippen LogP contribution in [0.25, 0.3) is 0 Å². The molecule has 1 aliphatic rings. The maximum Gasteiger partial charge on any atom is 0.167 e. The van der Waals surface area contributed by atoms with E-state index in [-0.39, 0.29) is 11.7 Å². The van der Waals surface area contributed by atoms with Gasteiger partial charge in [0, 0.05) is 12.1 Å². The molecule has 0 bridgehead atoms. The van der Waals surface area contributed by atoms with Crippen molar-refractivity contribution in [1.82, 2.24) is 10.2 Å². The summed E-state index contributed by atoms with van der Waals surface area (Å²) in [6.45, 7) is 3.99. The van der Waals surface area contributed by atoms with Crippen molar-refractivity contribution in [3.05, 3.63) is 52.3 Å². The Kier molecular flexibility index (Phi) is 2.54. The number of benzene rings is 1. The van der Waals surface area contributed by atoms with Gasteiger partial charge in [0.25, 0.3) is 0 Å². The van der Waals surface area contributed by atoms with Crippen LogP contribution in [-0.2, 0) is 6.42 Å². The van der Waals surface area contributed by atoms with Crippen molar-refractivity contribution in [3.8, 4) is 0 Å². The Morgan fingerprint density at radius 1 is 1.17 bits per heavy atom. The fraction of sp³-hybridized carbons (Fsp3) is 0.333. The van der Waals surface area contributed by atoms with Gasteiger partial charge < -0.3 is 0 Å². The highest BCUT2D eigenvalue weighted by Gasteiger charge is 2.29. The quantitative estimate of drug-likeness (QED) is 0.833. The lowest BCUT2D eigenvalue weighted by molar-refractivity contribution is 0.0963. The second-order valence-electron chi connectivity index (χ2n) is 5.11. The Morgan fingerprint density at radius 2 is 1.89 bits per heavy atom. The van der Waals surface area contributed by atoms with E-state index in [1.54, 1.807) is 0 Å². The summed E-state index contributed by atoms with van der Waals surface area (Å²) < 4.78 is 0. The van der Waals surface area contributed by atoms with Crippen LogP contribution in [0.2, 0.25) is 0 Å². The van der Waals surface area contributed by atoms with Crippen molar-refractivity contribution in [2.75, 3.05) is 0 Å². The molecule has 2 aromatic rings. The minimum Gasteiger partial charge on any atom is -0.294 e. The molecule has 0 radical (unpaired) electrons. The third kappa shape index (κ3) is 1.76. The number of hydrogen-bond acceptors (Lipinski definition) is 2. The summed E-state index contributed by atoms with van der Waals surface area (Å²) in [6, 6.07) is 8.45. The lowest BCUT2D eigenvalue weighted by Gasteiger charge is -2.21. The SMILES string of the molecule is Cc1ccc(C2CC(=O)c3c(n[nH]c3C)C2)cc1. The van der Waals surface area contributed by atoms with E-state index < -0.39 is 0 Å². The standard InChI is InChI=1S/C15H16N2O/c1-9-3-5-11(6-4-9)12-7-13-15(14(18)8-12)10(2)16-17-13/h3-6,12H,7-8H2,1-2H3,(H,16,17). The molecule has 1 N–H and O–H groups in total. The molecule has 3 rings (SSSR count). The number of hydrogen-bond donors (Lipinski definition) is 1. The first kappa shape index (κ1) is 11.2. The number of carbonyl (C=O) groups is 1. The predicted molar refractivity (Wildman–Crippen MR) is 69.9 cm³/mol. The summed E-state index contributed by atoms with van der Waals surface area (Å²) in [6.07, 6.45) is 1.45.